The summed E-state index contributed by atoms with van der Waals surface area (Å²) >= 11 is 0. The number of benzene rings is 2. The first-order valence-electron chi connectivity index (χ1n) is 11.7. The first-order chi connectivity index (χ1) is 17.1. The summed E-state index contributed by atoms with van der Waals surface area (Å²) in [6.45, 7) is 0.807. The van der Waals surface area contributed by atoms with Crippen LogP contribution >= 0.6 is 0 Å². The number of rotatable bonds is 10. The van der Waals surface area contributed by atoms with Gasteiger partial charge in [0.25, 0.3) is 0 Å². The molecule has 8 nitrogen and oxygen atoms in total. The molecule has 2 aromatic rings. The van der Waals surface area contributed by atoms with Gasteiger partial charge in [-0.1, -0.05) is 60.7 Å². The number of carbonyl (C=O) groups is 2. The van der Waals surface area contributed by atoms with Gasteiger partial charge in [0.15, 0.2) is 12.2 Å². The van der Waals surface area contributed by atoms with Crippen molar-refractivity contribution in [2.24, 2.45) is 5.92 Å². The predicted molar refractivity (Wildman–Crippen MR) is 127 cm³/mol. The van der Waals surface area contributed by atoms with E-state index in [1.807, 2.05) is 60.7 Å². The molecule has 0 saturated carbocycles. The van der Waals surface area contributed by atoms with Gasteiger partial charge in [-0.15, -0.1) is 0 Å². The highest BCUT2D eigenvalue weighted by atomic mass is 16.7. The average Bonchev–Trinajstić information content (AvgIpc) is 2.90. The van der Waals surface area contributed by atoms with Gasteiger partial charge in [-0.05, 0) is 24.0 Å². The van der Waals surface area contributed by atoms with Gasteiger partial charge in [-0.3, -0.25) is 9.59 Å². The Labute approximate surface area is 206 Å². The first-order valence-corrected chi connectivity index (χ1v) is 11.7. The smallest absolute Gasteiger partial charge is 0.320 e. The van der Waals surface area contributed by atoms with Crippen LogP contribution in [-0.2, 0) is 38.0 Å². The van der Waals surface area contributed by atoms with Gasteiger partial charge in [0.2, 0.25) is 0 Å². The lowest BCUT2D eigenvalue weighted by Crippen LogP contribution is -2.36. The van der Waals surface area contributed by atoms with Crippen molar-refractivity contribution in [1.82, 2.24) is 0 Å². The van der Waals surface area contributed by atoms with Crippen LogP contribution in [0.15, 0.2) is 60.7 Å². The Kier molecular flexibility index (Phi) is 10.7. The molecule has 1 aliphatic rings. The highest BCUT2D eigenvalue weighted by Crippen LogP contribution is 2.41. The molecular weight excluding hydrogens is 452 g/mol. The fourth-order valence-corrected chi connectivity index (χ4v) is 4.16. The Morgan fingerprint density at radius 2 is 1.34 bits per heavy atom. The number of carbonyl (C=O) groups excluding carboxylic acids is 2. The van der Waals surface area contributed by atoms with Crippen LogP contribution in [0.1, 0.15) is 42.6 Å². The quantitative estimate of drug-likeness (QED) is 0.283. The molecule has 0 aromatic heterocycles. The van der Waals surface area contributed by atoms with Crippen LogP contribution in [0.25, 0.3) is 0 Å². The number of ether oxygens (including phenoxy) is 6. The largest absolute Gasteiger partial charge is 0.468 e. The second-order valence-electron chi connectivity index (χ2n) is 8.26. The summed E-state index contributed by atoms with van der Waals surface area (Å²) in [5, 5.41) is 0. The molecule has 0 amide bonds. The molecule has 8 heteroatoms. The van der Waals surface area contributed by atoms with Crippen molar-refractivity contribution in [2.45, 2.75) is 43.9 Å². The minimum Gasteiger partial charge on any atom is -0.468 e. The van der Waals surface area contributed by atoms with Crippen LogP contribution < -0.4 is 0 Å². The molecule has 1 heterocycles. The highest BCUT2D eigenvalue weighted by molar-refractivity contribution is 5.94. The van der Waals surface area contributed by atoms with E-state index >= 15 is 0 Å². The standard InChI is InChI=1S/C27H34O8/c1-30-16-17-33-23-15-14-21(18-22(26(28)31-2)27(29)32-3)34-24(19-10-6-4-7-11-19)25(35-23)20-12-8-5-9-13-20/h4-13,21-25H,14-18H2,1-3H3/t21-,23+,24+,25+/m0/s1. The summed E-state index contributed by atoms with van der Waals surface area (Å²) in [5.74, 6) is -2.39. The van der Waals surface area contributed by atoms with Gasteiger partial charge >= 0.3 is 11.9 Å². The van der Waals surface area contributed by atoms with E-state index in [0.29, 0.717) is 26.1 Å². The van der Waals surface area contributed by atoms with Crippen molar-refractivity contribution in [2.75, 3.05) is 34.5 Å². The van der Waals surface area contributed by atoms with E-state index in [9.17, 15) is 9.59 Å². The van der Waals surface area contributed by atoms with E-state index in [0.717, 1.165) is 11.1 Å². The lowest BCUT2D eigenvalue weighted by molar-refractivity contribution is -0.234. The Balaban J connectivity index is 1.96. The molecule has 0 spiro atoms. The van der Waals surface area contributed by atoms with Gasteiger partial charge in [0.05, 0.1) is 33.5 Å². The third-order valence-electron chi connectivity index (χ3n) is 5.95. The summed E-state index contributed by atoms with van der Waals surface area (Å²) in [6, 6.07) is 19.6. The number of hydrogen-bond acceptors (Lipinski definition) is 8. The lowest BCUT2D eigenvalue weighted by Gasteiger charge is -2.37. The summed E-state index contributed by atoms with van der Waals surface area (Å²) in [7, 11) is 4.12. The molecule has 4 atom stereocenters. The van der Waals surface area contributed by atoms with E-state index in [-0.39, 0.29) is 6.42 Å². The van der Waals surface area contributed by atoms with E-state index in [1.165, 1.54) is 14.2 Å². The normalized spacial score (nSPS) is 22.7. The summed E-state index contributed by atoms with van der Waals surface area (Å²) in [5.41, 5.74) is 1.84. The average molecular weight is 487 g/mol. The van der Waals surface area contributed by atoms with Crippen LogP contribution in [0.2, 0.25) is 0 Å². The maximum absolute atomic E-state index is 12.4. The fraction of sp³-hybridized carbons (Fsp3) is 0.481. The molecule has 1 aliphatic heterocycles. The van der Waals surface area contributed by atoms with Gasteiger partial charge in [-0.25, -0.2) is 0 Å². The molecule has 0 aliphatic carbocycles. The van der Waals surface area contributed by atoms with Crippen LogP contribution in [-0.4, -0.2) is 58.9 Å². The monoisotopic (exact) mass is 486 g/mol. The second-order valence-corrected chi connectivity index (χ2v) is 8.26. The Hall–Kier alpha value is -2.78. The first kappa shape index (κ1) is 26.8. The Bertz CT molecular complexity index is 888. The van der Waals surface area contributed by atoms with Gasteiger partial charge in [0.1, 0.15) is 12.2 Å². The van der Waals surface area contributed by atoms with Crippen LogP contribution in [0.4, 0.5) is 0 Å². The Morgan fingerprint density at radius 3 is 1.86 bits per heavy atom. The highest BCUT2D eigenvalue weighted by Gasteiger charge is 2.38. The molecular formula is C27H34O8. The third kappa shape index (κ3) is 7.60. The summed E-state index contributed by atoms with van der Waals surface area (Å²) < 4.78 is 34.0. The molecule has 0 unspecified atom stereocenters. The minimum atomic E-state index is -1.09. The Morgan fingerprint density at radius 1 is 0.800 bits per heavy atom. The summed E-state index contributed by atoms with van der Waals surface area (Å²) in [4.78, 5) is 24.7. The van der Waals surface area contributed by atoms with E-state index in [1.54, 1.807) is 7.11 Å². The number of hydrogen-bond donors (Lipinski definition) is 0. The van der Waals surface area contributed by atoms with Crippen molar-refractivity contribution in [3.8, 4) is 0 Å². The molecule has 0 radical (unpaired) electrons. The topological polar surface area (TPSA) is 89.5 Å². The zero-order valence-electron chi connectivity index (χ0n) is 20.5. The van der Waals surface area contributed by atoms with Gasteiger partial charge in [-0.2, -0.15) is 0 Å². The van der Waals surface area contributed by atoms with E-state index in [2.05, 4.69) is 0 Å². The van der Waals surface area contributed by atoms with Crippen LogP contribution in [0.5, 0.6) is 0 Å². The van der Waals surface area contributed by atoms with Gasteiger partial charge < -0.3 is 28.4 Å². The van der Waals surface area contributed by atoms with Crippen molar-refractivity contribution in [3.63, 3.8) is 0 Å². The molecule has 0 N–H and O–H groups in total. The lowest BCUT2D eigenvalue weighted by atomic mass is 9.94. The van der Waals surface area contributed by atoms with Crippen molar-refractivity contribution in [3.05, 3.63) is 71.8 Å². The van der Waals surface area contributed by atoms with Gasteiger partial charge in [0, 0.05) is 13.5 Å². The van der Waals surface area contributed by atoms with E-state index in [4.69, 9.17) is 28.4 Å². The minimum absolute atomic E-state index is 0.120. The van der Waals surface area contributed by atoms with E-state index < -0.39 is 42.5 Å². The predicted octanol–water partition coefficient (Wildman–Crippen LogP) is 4.01. The molecule has 3 rings (SSSR count). The molecule has 2 aromatic carbocycles. The molecule has 0 bridgehead atoms. The molecule has 190 valence electrons. The molecule has 35 heavy (non-hydrogen) atoms. The summed E-state index contributed by atoms with van der Waals surface area (Å²) in [6.07, 6.45) is -0.831. The zero-order valence-corrected chi connectivity index (χ0v) is 20.5. The van der Waals surface area contributed by atoms with Crippen molar-refractivity contribution >= 4 is 11.9 Å². The van der Waals surface area contributed by atoms with Crippen LogP contribution in [0.3, 0.4) is 0 Å². The number of esters is 2. The third-order valence-corrected chi connectivity index (χ3v) is 5.95. The van der Waals surface area contributed by atoms with Crippen molar-refractivity contribution in [1.29, 1.82) is 0 Å². The zero-order chi connectivity index (χ0) is 25.0. The second kappa shape index (κ2) is 13.9. The van der Waals surface area contributed by atoms with Crippen molar-refractivity contribution < 1.29 is 38.0 Å². The molecule has 1 fully saturated rings. The maximum atomic E-state index is 12.4. The maximum Gasteiger partial charge on any atom is 0.320 e. The SMILES string of the molecule is COCCO[C@H]1CC[C@@H](CC(C(=O)OC)C(=O)OC)O[C@H](c2ccccc2)[C@@H](c2ccccc2)O1. The number of methoxy groups -OCH3 is 3. The fourth-order valence-electron chi connectivity index (χ4n) is 4.16. The molecule has 1 saturated heterocycles. The van der Waals surface area contributed by atoms with Crippen LogP contribution in [0, 0.1) is 5.92 Å².